The summed E-state index contributed by atoms with van der Waals surface area (Å²) in [4.78, 5) is 20.7. The van der Waals surface area contributed by atoms with E-state index in [0.29, 0.717) is 22.9 Å². The topological polar surface area (TPSA) is 76.1 Å². The highest BCUT2D eigenvalue weighted by Gasteiger charge is 2.11. The first-order chi connectivity index (χ1) is 11.6. The molecule has 2 N–H and O–H groups in total. The summed E-state index contributed by atoms with van der Waals surface area (Å²) in [5, 5.41) is 5.96. The number of rotatable bonds is 8. The number of nitrogens with one attached hydrogen (secondary N) is 2. The van der Waals surface area contributed by atoms with E-state index in [9.17, 15) is 4.79 Å². The van der Waals surface area contributed by atoms with Gasteiger partial charge in [0.15, 0.2) is 0 Å². The van der Waals surface area contributed by atoms with E-state index in [4.69, 9.17) is 4.74 Å². The third kappa shape index (κ3) is 5.22. The number of ether oxygens (including phenoxy) is 1. The van der Waals surface area contributed by atoms with Crippen LogP contribution in [0, 0.1) is 0 Å². The van der Waals surface area contributed by atoms with Crippen molar-refractivity contribution in [2.45, 2.75) is 39.7 Å². The van der Waals surface area contributed by atoms with Crippen LogP contribution >= 0.6 is 0 Å². The van der Waals surface area contributed by atoms with E-state index < -0.39 is 0 Å². The summed E-state index contributed by atoms with van der Waals surface area (Å²) in [6.07, 6.45) is 5.22. The SMILES string of the molecule is CCCCNc1ncc(C(=O)Nc2ccccc2OC(C)C)cn1. The summed E-state index contributed by atoms with van der Waals surface area (Å²) in [6, 6.07) is 7.34. The zero-order valence-corrected chi connectivity index (χ0v) is 14.4. The van der Waals surface area contributed by atoms with Crippen LogP contribution in [-0.4, -0.2) is 28.5 Å². The van der Waals surface area contributed by atoms with Gasteiger partial charge in [0.25, 0.3) is 5.91 Å². The van der Waals surface area contributed by atoms with E-state index in [2.05, 4.69) is 27.5 Å². The highest BCUT2D eigenvalue weighted by atomic mass is 16.5. The number of benzene rings is 1. The molecule has 2 rings (SSSR count). The van der Waals surface area contributed by atoms with Gasteiger partial charge in [0.2, 0.25) is 5.95 Å². The maximum absolute atomic E-state index is 12.4. The lowest BCUT2D eigenvalue weighted by atomic mass is 10.2. The zero-order valence-electron chi connectivity index (χ0n) is 14.4. The first kappa shape index (κ1) is 17.7. The first-order valence-electron chi connectivity index (χ1n) is 8.23. The maximum Gasteiger partial charge on any atom is 0.258 e. The minimum absolute atomic E-state index is 0.0277. The highest BCUT2D eigenvalue weighted by Crippen LogP contribution is 2.25. The second kappa shape index (κ2) is 8.86. The van der Waals surface area contributed by atoms with Gasteiger partial charge in [-0.3, -0.25) is 4.79 Å². The molecule has 0 bridgehead atoms. The van der Waals surface area contributed by atoms with Crippen LogP contribution in [0.15, 0.2) is 36.7 Å². The number of carbonyl (C=O) groups excluding carboxylic acids is 1. The van der Waals surface area contributed by atoms with Crippen molar-refractivity contribution in [3.63, 3.8) is 0 Å². The van der Waals surface area contributed by atoms with Crippen LogP contribution in [-0.2, 0) is 0 Å². The molecule has 1 aromatic heterocycles. The Balaban J connectivity index is 2.02. The van der Waals surface area contributed by atoms with Crippen LogP contribution in [0.5, 0.6) is 5.75 Å². The molecule has 0 saturated heterocycles. The lowest BCUT2D eigenvalue weighted by Crippen LogP contribution is -2.15. The van der Waals surface area contributed by atoms with Crippen molar-refractivity contribution < 1.29 is 9.53 Å². The molecule has 24 heavy (non-hydrogen) atoms. The molecular formula is C18H24N4O2. The molecule has 0 saturated carbocycles. The zero-order chi connectivity index (χ0) is 17.4. The number of para-hydroxylation sites is 2. The molecule has 128 valence electrons. The Hall–Kier alpha value is -2.63. The second-order valence-electron chi connectivity index (χ2n) is 5.69. The van der Waals surface area contributed by atoms with Gasteiger partial charge in [-0.05, 0) is 32.4 Å². The van der Waals surface area contributed by atoms with Crippen LogP contribution in [0.3, 0.4) is 0 Å². The van der Waals surface area contributed by atoms with Gasteiger partial charge in [-0.15, -0.1) is 0 Å². The van der Waals surface area contributed by atoms with Gasteiger partial charge >= 0.3 is 0 Å². The summed E-state index contributed by atoms with van der Waals surface area (Å²) in [5.41, 5.74) is 1.02. The molecule has 6 nitrogen and oxygen atoms in total. The minimum Gasteiger partial charge on any atom is -0.489 e. The van der Waals surface area contributed by atoms with Crippen molar-refractivity contribution in [3.05, 3.63) is 42.2 Å². The third-order valence-electron chi connectivity index (χ3n) is 3.23. The molecule has 0 aliphatic rings. The van der Waals surface area contributed by atoms with Gasteiger partial charge in [-0.25, -0.2) is 9.97 Å². The largest absolute Gasteiger partial charge is 0.489 e. The number of hydrogen-bond acceptors (Lipinski definition) is 5. The van der Waals surface area contributed by atoms with Crippen molar-refractivity contribution >= 4 is 17.5 Å². The van der Waals surface area contributed by atoms with E-state index in [1.165, 1.54) is 12.4 Å². The van der Waals surface area contributed by atoms with E-state index in [1.54, 1.807) is 6.07 Å². The van der Waals surface area contributed by atoms with Crippen molar-refractivity contribution in [3.8, 4) is 5.75 Å². The normalized spacial score (nSPS) is 10.5. The average molecular weight is 328 g/mol. The summed E-state index contributed by atoms with van der Waals surface area (Å²) in [7, 11) is 0. The smallest absolute Gasteiger partial charge is 0.258 e. The van der Waals surface area contributed by atoms with Crippen LogP contribution in [0.2, 0.25) is 0 Å². The van der Waals surface area contributed by atoms with Crippen LogP contribution < -0.4 is 15.4 Å². The summed E-state index contributed by atoms with van der Waals surface area (Å²) < 4.78 is 5.70. The minimum atomic E-state index is -0.269. The van der Waals surface area contributed by atoms with E-state index in [-0.39, 0.29) is 12.0 Å². The first-order valence-corrected chi connectivity index (χ1v) is 8.23. The van der Waals surface area contributed by atoms with Gasteiger partial charge in [-0.2, -0.15) is 0 Å². The second-order valence-corrected chi connectivity index (χ2v) is 5.69. The summed E-state index contributed by atoms with van der Waals surface area (Å²) >= 11 is 0. The molecule has 0 atom stereocenters. The Morgan fingerprint density at radius 3 is 2.58 bits per heavy atom. The molecule has 0 aliphatic heterocycles. The summed E-state index contributed by atoms with van der Waals surface area (Å²) in [5.74, 6) is 0.901. The number of nitrogens with zero attached hydrogens (tertiary/aromatic N) is 2. The molecule has 1 amide bonds. The van der Waals surface area contributed by atoms with Crippen LogP contribution in [0.25, 0.3) is 0 Å². The molecule has 0 radical (unpaired) electrons. The number of hydrogen-bond donors (Lipinski definition) is 2. The van der Waals surface area contributed by atoms with Crippen LogP contribution in [0.1, 0.15) is 44.0 Å². The van der Waals surface area contributed by atoms with E-state index in [1.807, 2.05) is 32.0 Å². The van der Waals surface area contributed by atoms with Gasteiger partial charge in [0.1, 0.15) is 5.75 Å². The van der Waals surface area contributed by atoms with Crippen molar-refractivity contribution in [1.82, 2.24) is 9.97 Å². The van der Waals surface area contributed by atoms with Gasteiger partial charge in [-0.1, -0.05) is 25.5 Å². The number of anilines is 2. The predicted octanol–water partition coefficient (Wildman–Crippen LogP) is 3.73. The predicted molar refractivity (Wildman–Crippen MR) is 95.6 cm³/mol. The number of carbonyl (C=O) groups is 1. The fourth-order valence-corrected chi connectivity index (χ4v) is 2.03. The van der Waals surface area contributed by atoms with Gasteiger partial charge < -0.3 is 15.4 Å². The molecule has 0 aliphatic carbocycles. The lowest BCUT2D eigenvalue weighted by Gasteiger charge is -2.14. The Labute approximate surface area is 142 Å². The standard InChI is InChI=1S/C18H24N4O2/c1-4-5-10-19-18-20-11-14(12-21-18)17(23)22-15-8-6-7-9-16(15)24-13(2)3/h6-9,11-13H,4-5,10H2,1-3H3,(H,22,23)(H,19,20,21). The molecule has 6 heteroatoms. The molecule has 0 fully saturated rings. The molecule has 2 aromatic rings. The van der Waals surface area contributed by atoms with Crippen molar-refractivity contribution in [2.75, 3.05) is 17.2 Å². The summed E-state index contributed by atoms with van der Waals surface area (Å²) in [6.45, 7) is 6.83. The van der Waals surface area contributed by atoms with Gasteiger partial charge in [0, 0.05) is 18.9 Å². The Morgan fingerprint density at radius 1 is 1.21 bits per heavy atom. The molecular weight excluding hydrogens is 304 g/mol. The number of aromatic nitrogens is 2. The average Bonchev–Trinajstić information content (AvgIpc) is 2.57. The highest BCUT2D eigenvalue weighted by molar-refractivity contribution is 6.04. The molecule has 0 spiro atoms. The molecule has 1 aromatic carbocycles. The third-order valence-corrected chi connectivity index (χ3v) is 3.23. The fraction of sp³-hybridized carbons (Fsp3) is 0.389. The van der Waals surface area contributed by atoms with E-state index >= 15 is 0 Å². The lowest BCUT2D eigenvalue weighted by molar-refractivity contribution is 0.102. The van der Waals surface area contributed by atoms with Gasteiger partial charge in [0.05, 0.1) is 17.4 Å². The number of unbranched alkanes of at least 4 members (excludes halogenated alkanes) is 1. The monoisotopic (exact) mass is 328 g/mol. The van der Waals surface area contributed by atoms with E-state index in [0.717, 1.165) is 19.4 Å². The fourth-order valence-electron chi connectivity index (χ4n) is 2.03. The Kier molecular flexibility index (Phi) is 6.54. The van der Waals surface area contributed by atoms with Crippen molar-refractivity contribution in [1.29, 1.82) is 0 Å². The van der Waals surface area contributed by atoms with Crippen LogP contribution in [0.4, 0.5) is 11.6 Å². The molecule has 0 unspecified atom stereocenters. The maximum atomic E-state index is 12.4. The molecule has 1 heterocycles. The van der Waals surface area contributed by atoms with Crippen molar-refractivity contribution in [2.24, 2.45) is 0 Å². The quantitative estimate of drug-likeness (QED) is 0.722. The Bertz CT molecular complexity index is 656. The number of amides is 1. The Morgan fingerprint density at radius 2 is 1.92 bits per heavy atom.